The monoisotopic (exact) mass is 232 g/mol. The van der Waals surface area contributed by atoms with Crippen molar-refractivity contribution in [3.05, 3.63) is 40.4 Å². The van der Waals surface area contributed by atoms with Gasteiger partial charge in [0, 0.05) is 17.4 Å². The molecule has 0 aliphatic carbocycles. The number of hydrogen-bond donors (Lipinski definition) is 1. The van der Waals surface area contributed by atoms with E-state index in [4.69, 9.17) is 5.73 Å². The molecule has 0 atom stereocenters. The highest BCUT2D eigenvalue weighted by Gasteiger charge is 2.06. The molecule has 2 aromatic rings. The molecule has 0 amide bonds. The molecule has 0 saturated heterocycles. The number of nitrogens with two attached hydrogens (primary N) is 1. The second-order valence-corrected chi connectivity index (χ2v) is 4.86. The Morgan fingerprint density at radius 3 is 2.81 bits per heavy atom. The van der Waals surface area contributed by atoms with Gasteiger partial charge in [0.05, 0.1) is 5.69 Å². The lowest BCUT2D eigenvalue weighted by molar-refractivity contribution is 0.936. The average Bonchev–Trinajstić information content (AvgIpc) is 2.67. The molecule has 0 unspecified atom stereocenters. The van der Waals surface area contributed by atoms with Gasteiger partial charge in [0.2, 0.25) is 0 Å². The van der Waals surface area contributed by atoms with Crippen molar-refractivity contribution in [3.63, 3.8) is 0 Å². The number of aryl methyl sites for hydroxylation is 2. The van der Waals surface area contributed by atoms with E-state index < -0.39 is 0 Å². The quantitative estimate of drug-likeness (QED) is 0.883. The fraction of sp³-hybridized carbons (Fsp3) is 0.308. The topological polar surface area (TPSA) is 38.9 Å². The van der Waals surface area contributed by atoms with E-state index in [1.54, 1.807) is 11.3 Å². The van der Waals surface area contributed by atoms with E-state index >= 15 is 0 Å². The van der Waals surface area contributed by atoms with Crippen molar-refractivity contribution in [1.29, 1.82) is 0 Å². The van der Waals surface area contributed by atoms with Crippen LogP contribution in [0.15, 0.2) is 23.6 Å². The molecule has 3 heteroatoms. The van der Waals surface area contributed by atoms with Gasteiger partial charge in [-0.3, -0.25) is 0 Å². The summed E-state index contributed by atoms with van der Waals surface area (Å²) in [4.78, 5) is 4.60. The predicted molar refractivity (Wildman–Crippen MR) is 69.8 cm³/mol. The summed E-state index contributed by atoms with van der Waals surface area (Å²) in [7, 11) is 0. The van der Waals surface area contributed by atoms with Crippen molar-refractivity contribution >= 4 is 11.3 Å². The normalized spacial score (nSPS) is 10.7. The second kappa shape index (κ2) is 4.76. The molecule has 84 valence electrons. The van der Waals surface area contributed by atoms with Crippen LogP contribution in [0.3, 0.4) is 0 Å². The van der Waals surface area contributed by atoms with Gasteiger partial charge in [-0.05, 0) is 26.0 Å². The van der Waals surface area contributed by atoms with Crippen molar-refractivity contribution in [2.45, 2.75) is 20.3 Å². The van der Waals surface area contributed by atoms with Gasteiger partial charge in [-0.15, -0.1) is 11.3 Å². The largest absolute Gasteiger partial charge is 0.330 e. The van der Waals surface area contributed by atoms with E-state index in [1.807, 2.05) is 0 Å². The van der Waals surface area contributed by atoms with Gasteiger partial charge in [-0.1, -0.05) is 23.8 Å². The lowest BCUT2D eigenvalue weighted by Gasteiger charge is -2.03. The summed E-state index contributed by atoms with van der Waals surface area (Å²) < 4.78 is 0. The van der Waals surface area contributed by atoms with Crippen LogP contribution in [-0.4, -0.2) is 11.5 Å². The molecule has 2 rings (SSSR count). The van der Waals surface area contributed by atoms with Crippen LogP contribution < -0.4 is 5.73 Å². The third-order valence-corrected chi connectivity index (χ3v) is 3.49. The molecule has 16 heavy (non-hydrogen) atoms. The van der Waals surface area contributed by atoms with Gasteiger partial charge >= 0.3 is 0 Å². The van der Waals surface area contributed by atoms with E-state index in [2.05, 4.69) is 42.4 Å². The van der Waals surface area contributed by atoms with Crippen LogP contribution in [0, 0.1) is 13.8 Å². The van der Waals surface area contributed by atoms with Gasteiger partial charge in [0.1, 0.15) is 5.01 Å². The van der Waals surface area contributed by atoms with Crippen LogP contribution in [0.5, 0.6) is 0 Å². The number of benzene rings is 1. The molecule has 2 nitrogen and oxygen atoms in total. The van der Waals surface area contributed by atoms with Crippen molar-refractivity contribution in [2.24, 2.45) is 5.73 Å². The van der Waals surface area contributed by atoms with Crippen LogP contribution in [0.1, 0.15) is 16.8 Å². The highest BCUT2D eigenvalue weighted by Crippen LogP contribution is 2.27. The first-order valence-corrected chi connectivity index (χ1v) is 6.31. The third-order valence-electron chi connectivity index (χ3n) is 2.56. The van der Waals surface area contributed by atoms with E-state index in [-0.39, 0.29) is 0 Å². The Bertz CT molecular complexity index is 488. The zero-order valence-corrected chi connectivity index (χ0v) is 10.5. The average molecular weight is 232 g/mol. The molecule has 1 aromatic heterocycles. The van der Waals surface area contributed by atoms with Crippen molar-refractivity contribution in [3.8, 4) is 10.6 Å². The highest BCUT2D eigenvalue weighted by molar-refractivity contribution is 7.13. The molecule has 2 N–H and O–H groups in total. The Kier molecular flexibility index (Phi) is 3.36. The molecule has 1 heterocycles. The minimum atomic E-state index is 0.663. The van der Waals surface area contributed by atoms with E-state index in [9.17, 15) is 0 Å². The van der Waals surface area contributed by atoms with E-state index in [1.165, 1.54) is 16.7 Å². The maximum absolute atomic E-state index is 5.52. The minimum Gasteiger partial charge on any atom is -0.330 e. The SMILES string of the molecule is Cc1ccc(-c2nc(CCN)cs2)c(C)c1. The van der Waals surface area contributed by atoms with Crippen LogP contribution >= 0.6 is 11.3 Å². The smallest absolute Gasteiger partial charge is 0.123 e. The Labute approximate surface area is 100 Å². The Hall–Kier alpha value is -1.19. The molecule has 1 aromatic carbocycles. The zero-order valence-electron chi connectivity index (χ0n) is 9.66. The molecule has 0 radical (unpaired) electrons. The van der Waals surface area contributed by atoms with Crippen LogP contribution in [-0.2, 0) is 6.42 Å². The Morgan fingerprint density at radius 2 is 2.12 bits per heavy atom. The first-order valence-electron chi connectivity index (χ1n) is 5.43. The second-order valence-electron chi connectivity index (χ2n) is 4.00. The summed E-state index contributed by atoms with van der Waals surface area (Å²) in [5, 5.41) is 3.20. The number of nitrogens with zero attached hydrogens (tertiary/aromatic N) is 1. The van der Waals surface area contributed by atoms with E-state index in [0.717, 1.165) is 17.1 Å². The summed E-state index contributed by atoms with van der Waals surface area (Å²) in [6.45, 7) is 4.90. The van der Waals surface area contributed by atoms with Crippen molar-refractivity contribution in [2.75, 3.05) is 6.54 Å². The predicted octanol–water partition coefficient (Wildman–Crippen LogP) is 2.93. The first-order chi connectivity index (χ1) is 7.70. The van der Waals surface area contributed by atoms with Crippen LogP contribution in [0.25, 0.3) is 10.6 Å². The van der Waals surface area contributed by atoms with Gasteiger partial charge < -0.3 is 5.73 Å². The van der Waals surface area contributed by atoms with Crippen molar-refractivity contribution in [1.82, 2.24) is 4.98 Å². The number of rotatable bonds is 3. The summed E-state index contributed by atoms with van der Waals surface area (Å²) >= 11 is 1.70. The molecule has 0 aliphatic heterocycles. The summed E-state index contributed by atoms with van der Waals surface area (Å²) in [5.74, 6) is 0. The Morgan fingerprint density at radius 1 is 1.31 bits per heavy atom. The molecule has 0 aliphatic rings. The van der Waals surface area contributed by atoms with Crippen LogP contribution in [0.4, 0.5) is 0 Å². The standard InChI is InChI=1S/C13H16N2S/c1-9-3-4-12(10(2)7-9)13-15-11(5-6-14)8-16-13/h3-4,7-8H,5-6,14H2,1-2H3. The maximum atomic E-state index is 5.52. The van der Waals surface area contributed by atoms with Gasteiger partial charge in [-0.25, -0.2) is 4.98 Å². The molecule has 0 spiro atoms. The Balaban J connectivity index is 2.35. The fourth-order valence-electron chi connectivity index (χ4n) is 1.75. The van der Waals surface area contributed by atoms with E-state index in [0.29, 0.717) is 6.54 Å². The fourth-order valence-corrected chi connectivity index (χ4v) is 2.69. The molecule has 0 fully saturated rings. The summed E-state index contributed by atoms with van der Waals surface area (Å²) in [6.07, 6.45) is 0.863. The van der Waals surface area contributed by atoms with Gasteiger partial charge in [0.25, 0.3) is 0 Å². The third kappa shape index (κ3) is 2.31. The molecular formula is C13H16N2S. The lowest BCUT2D eigenvalue weighted by Crippen LogP contribution is -2.02. The molecular weight excluding hydrogens is 216 g/mol. The summed E-state index contributed by atoms with van der Waals surface area (Å²) in [6, 6.07) is 6.47. The lowest BCUT2D eigenvalue weighted by atomic mass is 10.1. The zero-order chi connectivity index (χ0) is 11.5. The summed E-state index contributed by atoms with van der Waals surface area (Å²) in [5.41, 5.74) is 10.4. The van der Waals surface area contributed by atoms with Crippen molar-refractivity contribution < 1.29 is 0 Å². The molecule has 0 saturated carbocycles. The number of aromatic nitrogens is 1. The molecule has 0 bridgehead atoms. The number of hydrogen-bond acceptors (Lipinski definition) is 3. The first kappa shape index (κ1) is 11.3. The van der Waals surface area contributed by atoms with Gasteiger partial charge in [-0.2, -0.15) is 0 Å². The van der Waals surface area contributed by atoms with Gasteiger partial charge in [0.15, 0.2) is 0 Å². The minimum absolute atomic E-state index is 0.663. The maximum Gasteiger partial charge on any atom is 0.123 e. The van der Waals surface area contributed by atoms with Crippen LogP contribution in [0.2, 0.25) is 0 Å². The highest BCUT2D eigenvalue weighted by atomic mass is 32.1. The number of thiazole rings is 1.